The number of nitrogens with one attached hydrogen (secondary N) is 1. The summed E-state index contributed by atoms with van der Waals surface area (Å²) in [5, 5.41) is 2.87. The Hall–Kier alpha value is -1.07. The number of carbonyl (C=O) groups excluding carboxylic acids is 1. The Balaban J connectivity index is 2.00. The lowest BCUT2D eigenvalue weighted by Crippen LogP contribution is -2.33. The van der Waals surface area contributed by atoms with Gasteiger partial charge in [0.05, 0.1) is 5.69 Å². The van der Waals surface area contributed by atoms with Crippen LogP contribution in [0.1, 0.15) is 38.3 Å². The van der Waals surface area contributed by atoms with E-state index in [-0.39, 0.29) is 5.91 Å². The first-order chi connectivity index (χ1) is 9.49. The molecule has 20 heavy (non-hydrogen) atoms. The first kappa shape index (κ1) is 13.9. The molecule has 2 aliphatic rings. The Morgan fingerprint density at radius 2 is 2.20 bits per heavy atom. The summed E-state index contributed by atoms with van der Waals surface area (Å²) in [4.78, 5) is 14.1. The summed E-state index contributed by atoms with van der Waals surface area (Å²) in [6, 6.07) is 4.07. The molecule has 0 spiro atoms. The van der Waals surface area contributed by atoms with Gasteiger partial charge in [0.15, 0.2) is 0 Å². The molecule has 3 N–H and O–H groups in total. The standard InChI is InChI=1S/C15H20BrN3O/c1-8(2)12-4-3-5-19(12)13-7-11-9(6-10(13)16)14(17)15(20)18-11/h6-8,12,14H,3-5,17H2,1-2H3,(H,18,20). The van der Waals surface area contributed by atoms with Crippen molar-refractivity contribution in [2.75, 3.05) is 16.8 Å². The van der Waals surface area contributed by atoms with Crippen LogP contribution in [0.5, 0.6) is 0 Å². The summed E-state index contributed by atoms with van der Waals surface area (Å²) < 4.78 is 1.02. The Morgan fingerprint density at radius 1 is 1.45 bits per heavy atom. The number of benzene rings is 1. The van der Waals surface area contributed by atoms with E-state index >= 15 is 0 Å². The van der Waals surface area contributed by atoms with Crippen LogP contribution in [0.4, 0.5) is 11.4 Å². The Kier molecular flexibility index (Phi) is 3.50. The highest BCUT2D eigenvalue weighted by molar-refractivity contribution is 9.10. The summed E-state index contributed by atoms with van der Waals surface area (Å²) in [5.74, 6) is 0.500. The minimum absolute atomic E-state index is 0.120. The van der Waals surface area contributed by atoms with Gasteiger partial charge in [-0.15, -0.1) is 0 Å². The van der Waals surface area contributed by atoms with Crippen LogP contribution < -0.4 is 16.0 Å². The van der Waals surface area contributed by atoms with E-state index < -0.39 is 6.04 Å². The molecule has 0 aliphatic carbocycles. The van der Waals surface area contributed by atoms with E-state index in [2.05, 4.69) is 46.1 Å². The first-order valence-corrected chi connectivity index (χ1v) is 7.95. The molecule has 1 saturated heterocycles. The number of fused-ring (bicyclic) bond motifs is 1. The van der Waals surface area contributed by atoms with E-state index in [0.29, 0.717) is 12.0 Å². The molecular formula is C15H20BrN3O. The van der Waals surface area contributed by atoms with Crippen LogP contribution in [-0.4, -0.2) is 18.5 Å². The van der Waals surface area contributed by atoms with Crippen LogP contribution in [0.3, 0.4) is 0 Å². The predicted octanol–water partition coefficient (Wildman–Crippen LogP) is 3.03. The van der Waals surface area contributed by atoms with Crippen LogP contribution in [0.25, 0.3) is 0 Å². The smallest absolute Gasteiger partial charge is 0.245 e. The maximum atomic E-state index is 11.7. The van der Waals surface area contributed by atoms with Gasteiger partial charge in [0, 0.05) is 28.3 Å². The lowest BCUT2D eigenvalue weighted by atomic mass is 10.0. The fraction of sp³-hybridized carbons (Fsp3) is 0.533. The monoisotopic (exact) mass is 337 g/mol. The molecule has 1 fully saturated rings. The molecule has 108 valence electrons. The Labute approximate surface area is 127 Å². The van der Waals surface area contributed by atoms with Crippen molar-refractivity contribution in [3.8, 4) is 0 Å². The van der Waals surface area contributed by atoms with E-state index in [9.17, 15) is 4.79 Å². The second-order valence-corrected chi connectivity index (χ2v) is 6.86. The molecular weight excluding hydrogens is 318 g/mol. The molecule has 0 radical (unpaired) electrons. The SMILES string of the molecule is CC(C)C1CCCN1c1cc2c(cc1Br)C(N)C(=O)N2. The molecule has 2 heterocycles. The fourth-order valence-corrected chi connectivity index (χ4v) is 3.89. The van der Waals surface area contributed by atoms with Gasteiger partial charge in [0.25, 0.3) is 0 Å². The maximum absolute atomic E-state index is 11.7. The van der Waals surface area contributed by atoms with Crippen molar-refractivity contribution >= 4 is 33.2 Å². The van der Waals surface area contributed by atoms with Crippen molar-refractivity contribution < 1.29 is 4.79 Å². The topological polar surface area (TPSA) is 58.4 Å². The molecule has 3 rings (SSSR count). The zero-order chi connectivity index (χ0) is 14.4. The zero-order valence-corrected chi connectivity index (χ0v) is 13.4. The first-order valence-electron chi connectivity index (χ1n) is 7.15. The second-order valence-electron chi connectivity index (χ2n) is 6.00. The van der Waals surface area contributed by atoms with Gasteiger partial charge in [-0.3, -0.25) is 4.79 Å². The third kappa shape index (κ3) is 2.13. The van der Waals surface area contributed by atoms with Crippen LogP contribution in [0.15, 0.2) is 16.6 Å². The number of nitrogens with two attached hydrogens (primary N) is 1. The third-order valence-corrected chi connectivity index (χ3v) is 5.01. The van der Waals surface area contributed by atoms with Crippen molar-refractivity contribution in [1.29, 1.82) is 0 Å². The summed E-state index contributed by atoms with van der Waals surface area (Å²) in [5.41, 5.74) is 8.79. The largest absolute Gasteiger partial charge is 0.367 e. The van der Waals surface area contributed by atoms with Crippen LogP contribution in [-0.2, 0) is 4.79 Å². The summed E-state index contributed by atoms with van der Waals surface area (Å²) in [7, 11) is 0. The second kappa shape index (κ2) is 5.04. The van der Waals surface area contributed by atoms with Crippen molar-refractivity contribution in [3.05, 3.63) is 22.2 Å². The third-order valence-electron chi connectivity index (χ3n) is 4.37. The molecule has 5 heteroatoms. The van der Waals surface area contributed by atoms with Gasteiger partial charge >= 0.3 is 0 Å². The van der Waals surface area contributed by atoms with E-state index in [4.69, 9.17) is 5.73 Å². The van der Waals surface area contributed by atoms with Gasteiger partial charge in [0.1, 0.15) is 6.04 Å². The van der Waals surface area contributed by atoms with Crippen LogP contribution in [0.2, 0.25) is 0 Å². The number of hydrogen-bond donors (Lipinski definition) is 2. The van der Waals surface area contributed by atoms with Crippen molar-refractivity contribution in [3.63, 3.8) is 0 Å². The molecule has 1 aromatic carbocycles. The summed E-state index contributed by atoms with van der Waals surface area (Å²) in [6.45, 7) is 5.60. The van der Waals surface area contributed by atoms with Gasteiger partial charge < -0.3 is 16.0 Å². The van der Waals surface area contributed by atoms with Gasteiger partial charge in [-0.1, -0.05) is 13.8 Å². The van der Waals surface area contributed by atoms with E-state index in [1.807, 2.05) is 6.07 Å². The van der Waals surface area contributed by atoms with Crippen molar-refractivity contribution in [2.24, 2.45) is 11.7 Å². The van der Waals surface area contributed by atoms with Gasteiger partial charge in [-0.2, -0.15) is 0 Å². The molecule has 1 amide bonds. The molecule has 0 saturated carbocycles. The van der Waals surface area contributed by atoms with E-state index in [1.54, 1.807) is 0 Å². The number of nitrogens with zero attached hydrogens (tertiary/aromatic N) is 1. The van der Waals surface area contributed by atoms with Crippen LogP contribution in [0, 0.1) is 5.92 Å². The Bertz CT molecular complexity index is 558. The minimum Gasteiger partial charge on any atom is -0.367 e. The molecule has 2 aliphatic heterocycles. The fourth-order valence-electron chi connectivity index (χ4n) is 3.30. The quantitative estimate of drug-likeness (QED) is 0.871. The molecule has 4 nitrogen and oxygen atoms in total. The maximum Gasteiger partial charge on any atom is 0.245 e. The number of rotatable bonds is 2. The summed E-state index contributed by atoms with van der Waals surface area (Å²) in [6.07, 6.45) is 2.45. The molecule has 1 aromatic rings. The van der Waals surface area contributed by atoms with Gasteiger partial charge in [0.2, 0.25) is 5.91 Å². The molecule has 2 atom stereocenters. The van der Waals surface area contributed by atoms with Crippen molar-refractivity contribution in [1.82, 2.24) is 0 Å². The average Bonchev–Trinajstić information content (AvgIpc) is 2.97. The highest BCUT2D eigenvalue weighted by Gasteiger charge is 2.32. The van der Waals surface area contributed by atoms with E-state index in [1.165, 1.54) is 12.8 Å². The average molecular weight is 338 g/mol. The number of halogens is 1. The highest BCUT2D eigenvalue weighted by atomic mass is 79.9. The normalized spacial score (nSPS) is 25.2. The highest BCUT2D eigenvalue weighted by Crippen LogP contribution is 2.41. The lowest BCUT2D eigenvalue weighted by molar-refractivity contribution is -0.116. The Morgan fingerprint density at radius 3 is 2.90 bits per heavy atom. The number of amides is 1. The van der Waals surface area contributed by atoms with Gasteiger partial charge in [-0.25, -0.2) is 0 Å². The van der Waals surface area contributed by atoms with Crippen molar-refractivity contribution in [2.45, 2.75) is 38.8 Å². The minimum atomic E-state index is -0.546. The number of carbonyl (C=O) groups is 1. The van der Waals surface area contributed by atoms with Gasteiger partial charge in [-0.05, 0) is 46.8 Å². The molecule has 0 bridgehead atoms. The van der Waals surface area contributed by atoms with E-state index in [0.717, 1.165) is 28.0 Å². The molecule has 0 aromatic heterocycles. The summed E-state index contributed by atoms with van der Waals surface area (Å²) >= 11 is 3.65. The zero-order valence-electron chi connectivity index (χ0n) is 11.8. The number of hydrogen-bond acceptors (Lipinski definition) is 3. The van der Waals surface area contributed by atoms with Crippen LogP contribution >= 0.6 is 15.9 Å². The lowest BCUT2D eigenvalue weighted by Gasteiger charge is -2.31. The molecule has 2 unspecified atom stereocenters. The predicted molar refractivity (Wildman–Crippen MR) is 84.9 cm³/mol. The number of anilines is 2.